The predicted molar refractivity (Wildman–Crippen MR) is 100 cm³/mol. The summed E-state index contributed by atoms with van der Waals surface area (Å²) >= 11 is 0. The van der Waals surface area contributed by atoms with Crippen LogP contribution in [-0.4, -0.2) is 55.1 Å². The third-order valence-corrected chi connectivity index (χ3v) is 5.72. The second-order valence-electron chi connectivity index (χ2n) is 7.57. The van der Waals surface area contributed by atoms with Gasteiger partial charge in [-0.05, 0) is 50.1 Å². The van der Waals surface area contributed by atoms with Crippen LogP contribution in [0.1, 0.15) is 44.1 Å². The summed E-state index contributed by atoms with van der Waals surface area (Å²) in [5.74, 6) is 1.03. The van der Waals surface area contributed by atoms with Crippen LogP contribution >= 0.6 is 0 Å². The molecule has 25 heavy (non-hydrogen) atoms. The Balaban J connectivity index is 1.54. The minimum atomic E-state index is 0.0497. The largest absolute Gasteiger partial charge is 0.381 e. The van der Waals surface area contributed by atoms with Gasteiger partial charge in [0.25, 0.3) is 0 Å². The standard InChI is InChI=1S/C21H32N2O2/c1-22(14-10-18-11-15-25-16-12-18)21(24)20-9-5-6-13-23(20)17-19-7-3-2-4-8-19/h2-4,7-8,18,20H,5-6,9-17H2,1H3. The van der Waals surface area contributed by atoms with Crippen LogP contribution < -0.4 is 0 Å². The molecular formula is C21H32N2O2. The first kappa shape index (κ1) is 18.4. The van der Waals surface area contributed by atoms with Gasteiger partial charge in [-0.3, -0.25) is 9.69 Å². The first-order valence-corrected chi connectivity index (χ1v) is 9.85. The molecule has 1 aromatic carbocycles. The monoisotopic (exact) mass is 344 g/mol. The average Bonchev–Trinajstić information content (AvgIpc) is 2.67. The zero-order valence-corrected chi connectivity index (χ0v) is 15.5. The van der Waals surface area contributed by atoms with E-state index in [1.807, 2.05) is 18.0 Å². The molecule has 1 unspecified atom stereocenters. The molecule has 1 aromatic rings. The van der Waals surface area contributed by atoms with Gasteiger partial charge >= 0.3 is 0 Å². The molecule has 2 heterocycles. The lowest BCUT2D eigenvalue weighted by Crippen LogP contribution is -2.49. The van der Waals surface area contributed by atoms with E-state index in [1.165, 1.54) is 12.0 Å². The molecule has 0 saturated carbocycles. The molecule has 1 amide bonds. The van der Waals surface area contributed by atoms with Gasteiger partial charge in [-0.15, -0.1) is 0 Å². The highest BCUT2D eigenvalue weighted by atomic mass is 16.5. The van der Waals surface area contributed by atoms with Crippen molar-refractivity contribution in [3.63, 3.8) is 0 Å². The van der Waals surface area contributed by atoms with E-state index >= 15 is 0 Å². The van der Waals surface area contributed by atoms with Crippen LogP contribution in [0.15, 0.2) is 30.3 Å². The van der Waals surface area contributed by atoms with Gasteiger partial charge in [-0.2, -0.15) is 0 Å². The molecule has 0 radical (unpaired) electrons. The third-order valence-electron chi connectivity index (χ3n) is 5.72. The van der Waals surface area contributed by atoms with Gasteiger partial charge < -0.3 is 9.64 Å². The molecule has 138 valence electrons. The fourth-order valence-corrected chi connectivity index (χ4v) is 4.05. The van der Waals surface area contributed by atoms with Crippen molar-refractivity contribution in [2.24, 2.45) is 5.92 Å². The lowest BCUT2D eigenvalue weighted by molar-refractivity contribution is -0.137. The summed E-state index contributed by atoms with van der Waals surface area (Å²) in [6, 6.07) is 10.6. The Morgan fingerprint density at radius 2 is 1.92 bits per heavy atom. The lowest BCUT2D eigenvalue weighted by atomic mass is 9.96. The van der Waals surface area contributed by atoms with E-state index in [0.29, 0.717) is 5.91 Å². The number of carbonyl (C=O) groups is 1. The van der Waals surface area contributed by atoms with Gasteiger partial charge in [0.2, 0.25) is 5.91 Å². The molecule has 1 atom stereocenters. The van der Waals surface area contributed by atoms with E-state index in [4.69, 9.17) is 4.74 Å². The van der Waals surface area contributed by atoms with Crippen molar-refractivity contribution >= 4 is 5.91 Å². The number of likely N-dealkylation sites (N-methyl/N-ethyl adjacent to an activating group) is 1. The third kappa shape index (κ3) is 5.29. The number of piperidine rings is 1. The second-order valence-corrected chi connectivity index (χ2v) is 7.57. The lowest BCUT2D eigenvalue weighted by Gasteiger charge is -2.37. The molecule has 0 bridgehead atoms. The molecule has 2 aliphatic rings. The molecule has 2 saturated heterocycles. The number of hydrogen-bond acceptors (Lipinski definition) is 3. The highest BCUT2D eigenvalue weighted by Gasteiger charge is 2.30. The quantitative estimate of drug-likeness (QED) is 0.794. The first-order chi connectivity index (χ1) is 12.2. The normalized spacial score (nSPS) is 22.7. The Morgan fingerprint density at radius 1 is 1.16 bits per heavy atom. The summed E-state index contributed by atoms with van der Waals surface area (Å²) in [6.07, 6.45) is 6.75. The number of amides is 1. The minimum absolute atomic E-state index is 0.0497. The van der Waals surface area contributed by atoms with E-state index in [0.717, 1.165) is 70.9 Å². The Bertz CT molecular complexity index is 528. The van der Waals surface area contributed by atoms with Crippen molar-refractivity contribution in [1.29, 1.82) is 0 Å². The van der Waals surface area contributed by atoms with Crippen molar-refractivity contribution in [2.75, 3.05) is 33.4 Å². The van der Waals surface area contributed by atoms with E-state index < -0.39 is 0 Å². The molecule has 4 nitrogen and oxygen atoms in total. The smallest absolute Gasteiger partial charge is 0.239 e. The molecule has 0 aliphatic carbocycles. The zero-order valence-electron chi connectivity index (χ0n) is 15.5. The fourth-order valence-electron chi connectivity index (χ4n) is 4.05. The van der Waals surface area contributed by atoms with E-state index in [2.05, 4.69) is 29.2 Å². The van der Waals surface area contributed by atoms with Gasteiger partial charge in [0, 0.05) is 33.4 Å². The Labute approximate surface area is 152 Å². The number of likely N-dealkylation sites (tertiary alicyclic amines) is 1. The number of carbonyl (C=O) groups excluding carboxylic acids is 1. The fraction of sp³-hybridized carbons (Fsp3) is 0.667. The summed E-state index contributed by atoms with van der Waals surface area (Å²) in [5, 5.41) is 0. The SMILES string of the molecule is CN(CCC1CCOCC1)C(=O)C1CCCCN1Cc1ccccc1. The summed E-state index contributed by atoms with van der Waals surface area (Å²) in [6.45, 7) is 4.55. The van der Waals surface area contributed by atoms with Crippen LogP contribution in [-0.2, 0) is 16.1 Å². The number of benzene rings is 1. The number of rotatable bonds is 6. The Morgan fingerprint density at radius 3 is 2.68 bits per heavy atom. The van der Waals surface area contributed by atoms with Crippen LogP contribution in [0.2, 0.25) is 0 Å². The number of ether oxygens (including phenoxy) is 1. The van der Waals surface area contributed by atoms with Crippen molar-refractivity contribution in [2.45, 2.75) is 51.1 Å². The molecule has 4 heteroatoms. The minimum Gasteiger partial charge on any atom is -0.381 e. The van der Waals surface area contributed by atoms with Crippen molar-refractivity contribution in [3.8, 4) is 0 Å². The van der Waals surface area contributed by atoms with Crippen LogP contribution in [0.25, 0.3) is 0 Å². The van der Waals surface area contributed by atoms with E-state index in [1.54, 1.807) is 0 Å². The van der Waals surface area contributed by atoms with Gasteiger partial charge in [-0.1, -0.05) is 36.8 Å². The summed E-state index contributed by atoms with van der Waals surface area (Å²) in [5.41, 5.74) is 1.30. The highest BCUT2D eigenvalue weighted by Crippen LogP contribution is 2.23. The number of hydrogen-bond donors (Lipinski definition) is 0. The van der Waals surface area contributed by atoms with Crippen LogP contribution in [0.3, 0.4) is 0 Å². The van der Waals surface area contributed by atoms with Crippen LogP contribution in [0.4, 0.5) is 0 Å². The Kier molecular flexibility index (Phi) is 6.88. The summed E-state index contributed by atoms with van der Waals surface area (Å²) in [4.78, 5) is 17.4. The summed E-state index contributed by atoms with van der Waals surface area (Å²) < 4.78 is 5.43. The summed E-state index contributed by atoms with van der Waals surface area (Å²) in [7, 11) is 1.98. The van der Waals surface area contributed by atoms with E-state index in [-0.39, 0.29) is 6.04 Å². The molecule has 0 spiro atoms. The highest BCUT2D eigenvalue weighted by molar-refractivity contribution is 5.81. The maximum atomic E-state index is 13.0. The molecule has 2 fully saturated rings. The first-order valence-electron chi connectivity index (χ1n) is 9.85. The number of nitrogens with zero attached hydrogens (tertiary/aromatic N) is 2. The molecule has 3 rings (SSSR count). The second kappa shape index (κ2) is 9.35. The Hall–Kier alpha value is -1.39. The van der Waals surface area contributed by atoms with Crippen LogP contribution in [0.5, 0.6) is 0 Å². The van der Waals surface area contributed by atoms with Gasteiger partial charge in [0.05, 0.1) is 6.04 Å². The predicted octanol–water partition coefficient (Wildman–Crippen LogP) is 3.32. The van der Waals surface area contributed by atoms with Crippen molar-refractivity contribution < 1.29 is 9.53 Å². The van der Waals surface area contributed by atoms with Crippen LogP contribution in [0, 0.1) is 5.92 Å². The molecule has 0 N–H and O–H groups in total. The average molecular weight is 344 g/mol. The van der Waals surface area contributed by atoms with Gasteiger partial charge in [-0.25, -0.2) is 0 Å². The topological polar surface area (TPSA) is 32.8 Å². The van der Waals surface area contributed by atoms with E-state index in [9.17, 15) is 4.79 Å². The van der Waals surface area contributed by atoms with Gasteiger partial charge in [0.1, 0.15) is 0 Å². The molecule has 2 aliphatic heterocycles. The molecular weight excluding hydrogens is 312 g/mol. The van der Waals surface area contributed by atoms with Crippen molar-refractivity contribution in [3.05, 3.63) is 35.9 Å². The molecule has 0 aromatic heterocycles. The zero-order chi connectivity index (χ0) is 17.5. The maximum absolute atomic E-state index is 13.0. The van der Waals surface area contributed by atoms with Gasteiger partial charge in [0.15, 0.2) is 0 Å². The van der Waals surface area contributed by atoms with Crippen molar-refractivity contribution in [1.82, 2.24) is 9.80 Å². The maximum Gasteiger partial charge on any atom is 0.239 e.